The van der Waals surface area contributed by atoms with E-state index in [-0.39, 0.29) is 46.5 Å². The summed E-state index contributed by atoms with van der Waals surface area (Å²) in [5.74, 6) is -1.33. The largest absolute Gasteiger partial charge is 1.00 e. The number of carboxylic acid groups (broad SMARTS) is 1. The Hall–Kier alpha value is -1.45. The van der Waals surface area contributed by atoms with Gasteiger partial charge in [0.1, 0.15) is 5.82 Å². The fourth-order valence-corrected chi connectivity index (χ4v) is 3.64. The molecular formula is C20H20ClFN3NaO4. The van der Waals surface area contributed by atoms with Gasteiger partial charge in [-0.3, -0.25) is 0 Å². The number of halogens is 2. The predicted molar refractivity (Wildman–Crippen MR) is 102 cm³/mol. The number of carboxylic acids is 1. The molecule has 1 atom stereocenters. The number of benzene rings is 1. The molecule has 0 radical (unpaired) electrons. The van der Waals surface area contributed by atoms with E-state index in [2.05, 4.69) is 9.97 Å². The van der Waals surface area contributed by atoms with E-state index in [0.717, 1.165) is 19.4 Å². The Bertz CT molecular complexity index is 944. The van der Waals surface area contributed by atoms with Gasteiger partial charge in [0.25, 0.3) is 0 Å². The van der Waals surface area contributed by atoms with Gasteiger partial charge in [-0.15, -0.1) is 0 Å². The molecule has 10 heteroatoms. The van der Waals surface area contributed by atoms with Gasteiger partial charge in [0.05, 0.1) is 29.3 Å². The number of hydrogen-bond acceptors (Lipinski definition) is 7. The summed E-state index contributed by atoms with van der Waals surface area (Å²) < 4.78 is 25.0. The maximum Gasteiger partial charge on any atom is 1.00 e. The van der Waals surface area contributed by atoms with Crippen LogP contribution in [0.2, 0.25) is 5.02 Å². The summed E-state index contributed by atoms with van der Waals surface area (Å²) in [7, 11) is 1.63. The molecule has 2 aromatic rings. The summed E-state index contributed by atoms with van der Waals surface area (Å²) in [6.45, 7) is 1.25. The zero-order valence-corrected chi connectivity index (χ0v) is 19.6. The van der Waals surface area contributed by atoms with Crippen molar-refractivity contribution >= 4 is 23.5 Å². The van der Waals surface area contributed by atoms with Crippen molar-refractivity contribution in [3.05, 3.63) is 35.1 Å². The molecule has 2 fully saturated rings. The average molecular weight is 444 g/mol. The molecule has 0 bridgehead atoms. The predicted octanol–water partition coefficient (Wildman–Crippen LogP) is -0.783. The van der Waals surface area contributed by atoms with Gasteiger partial charge >= 0.3 is 29.6 Å². The van der Waals surface area contributed by atoms with Crippen molar-refractivity contribution in [1.29, 1.82) is 0 Å². The Morgan fingerprint density at radius 3 is 2.77 bits per heavy atom. The minimum atomic E-state index is -1.36. The molecule has 1 saturated heterocycles. The van der Waals surface area contributed by atoms with E-state index < -0.39 is 17.4 Å². The van der Waals surface area contributed by atoms with Crippen molar-refractivity contribution < 1.29 is 53.3 Å². The monoisotopic (exact) mass is 443 g/mol. The van der Waals surface area contributed by atoms with Crippen LogP contribution in [0.1, 0.15) is 25.7 Å². The number of aromatic nitrogens is 2. The number of methoxy groups -OCH3 is 1. The summed E-state index contributed by atoms with van der Waals surface area (Å²) in [4.78, 5) is 22.5. The molecule has 1 saturated carbocycles. The maximum absolute atomic E-state index is 14.0. The third-order valence-corrected chi connectivity index (χ3v) is 5.58. The van der Waals surface area contributed by atoms with Crippen molar-refractivity contribution in [2.45, 2.75) is 37.3 Å². The minimum Gasteiger partial charge on any atom is -0.546 e. The number of anilines is 1. The SMILES string of the molecule is COC[C@@H]1CCCN1c1nc(OC2(C(=O)[O-])CC2)cc(-c2ccc(Cl)c(F)c2)n1.[Na+]. The molecule has 0 amide bonds. The molecule has 0 spiro atoms. The van der Waals surface area contributed by atoms with Crippen LogP contribution < -0.4 is 44.3 Å². The average Bonchev–Trinajstić information content (AvgIpc) is 3.33. The summed E-state index contributed by atoms with van der Waals surface area (Å²) in [5, 5.41) is 11.4. The van der Waals surface area contributed by atoms with Gasteiger partial charge in [0.15, 0.2) is 5.60 Å². The van der Waals surface area contributed by atoms with Crippen LogP contribution in [0.3, 0.4) is 0 Å². The zero-order chi connectivity index (χ0) is 20.6. The second-order valence-corrected chi connectivity index (χ2v) is 7.76. The molecule has 0 unspecified atom stereocenters. The van der Waals surface area contributed by atoms with E-state index >= 15 is 0 Å². The van der Waals surface area contributed by atoms with E-state index in [4.69, 9.17) is 21.1 Å². The van der Waals surface area contributed by atoms with Crippen molar-refractivity contribution in [1.82, 2.24) is 9.97 Å². The van der Waals surface area contributed by atoms with Gasteiger partial charge in [-0.2, -0.15) is 4.98 Å². The topological polar surface area (TPSA) is 87.6 Å². The second kappa shape index (κ2) is 9.36. The van der Waals surface area contributed by atoms with Gasteiger partial charge in [-0.05, 0) is 37.8 Å². The third kappa shape index (κ3) is 4.73. The first-order chi connectivity index (χ1) is 13.9. The number of hydrogen-bond donors (Lipinski definition) is 0. The van der Waals surface area contributed by atoms with Gasteiger partial charge in [0, 0.05) is 25.3 Å². The Morgan fingerprint density at radius 1 is 1.37 bits per heavy atom. The van der Waals surface area contributed by atoms with E-state index in [1.807, 2.05) is 4.90 Å². The fraction of sp³-hybridized carbons (Fsp3) is 0.450. The number of rotatable bonds is 7. The molecule has 1 aromatic heterocycles. The summed E-state index contributed by atoms with van der Waals surface area (Å²) in [5.41, 5.74) is -0.454. The number of aliphatic carboxylic acids is 1. The van der Waals surface area contributed by atoms with Gasteiger partial charge in [0.2, 0.25) is 11.8 Å². The molecule has 154 valence electrons. The second-order valence-electron chi connectivity index (χ2n) is 7.35. The quantitative estimate of drug-likeness (QED) is 0.519. The Morgan fingerprint density at radius 2 is 2.13 bits per heavy atom. The minimum absolute atomic E-state index is 0. The molecule has 2 heterocycles. The molecule has 30 heavy (non-hydrogen) atoms. The smallest absolute Gasteiger partial charge is 0.546 e. The van der Waals surface area contributed by atoms with Crippen LogP contribution in [0.4, 0.5) is 10.3 Å². The van der Waals surface area contributed by atoms with E-state index in [9.17, 15) is 14.3 Å². The molecule has 1 aliphatic heterocycles. The molecular weight excluding hydrogens is 424 g/mol. The van der Waals surface area contributed by atoms with Crippen molar-refractivity contribution in [3.8, 4) is 17.1 Å². The first kappa shape index (κ1) is 23.2. The molecule has 7 nitrogen and oxygen atoms in total. The fourth-order valence-electron chi connectivity index (χ4n) is 3.52. The third-order valence-electron chi connectivity index (χ3n) is 5.28. The summed E-state index contributed by atoms with van der Waals surface area (Å²) in [6.07, 6.45) is 2.59. The van der Waals surface area contributed by atoms with Crippen molar-refractivity contribution in [2.24, 2.45) is 0 Å². The van der Waals surface area contributed by atoms with E-state index in [1.54, 1.807) is 13.2 Å². The van der Waals surface area contributed by atoms with Gasteiger partial charge in [-0.1, -0.05) is 17.7 Å². The number of ether oxygens (including phenoxy) is 2. The van der Waals surface area contributed by atoms with Crippen LogP contribution in [-0.4, -0.2) is 47.8 Å². The van der Waals surface area contributed by atoms with Crippen LogP contribution in [0.25, 0.3) is 11.3 Å². The zero-order valence-electron chi connectivity index (χ0n) is 16.9. The number of carbonyl (C=O) groups excluding carboxylic acids is 1. The van der Waals surface area contributed by atoms with E-state index in [1.165, 1.54) is 18.2 Å². The first-order valence-corrected chi connectivity index (χ1v) is 9.80. The summed E-state index contributed by atoms with van der Waals surface area (Å²) in [6, 6.07) is 5.98. The Labute approximate surface area is 200 Å². The first-order valence-electron chi connectivity index (χ1n) is 9.42. The molecule has 2 aliphatic rings. The van der Waals surface area contributed by atoms with Gasteiger partial charge in [-0.25, -0.2) is 9.37 Å². The van der Waals surface area contributed by atoms with Crippen molar-refractivity contribution in [2.75, 3.05) is 25.2 Å². The van der Waals surface area contributed by atoms with Crippen LogP contribution in [0.15, 0.2) is 24.3 Å². The molecule has 1 aromatic carbocycles. The standard InChI is InChI=1S/C20H21ClFN3O4.Na/c1-28-11-13-3-2-8-25(13)19-23-16(12-4-5-14(21)15(22)9-12)10-17(24-19)29-20(6-7-20)18(26)27;/h4-5,9-10,13H,2-3,6-8,11H2,1H3,(H,26,27);/q;+1/p-1/t13-;/m0./s1. The Balaban J connectivity index is 0.00000256. The van der Waals surface area contributed by atoms with E-state index in [0.29, 0.717) is 36.7 Å². The van der Waals surface area contributed by atoms with Crippen LogP contribution in [0, 0.1) is 5.82 Å². The number of carbonyl (C=O) groups is 1. The molecule has 4 rings (SSSR count). The summed E-state index contributed by atoms with van der Waals surface area (Å²) >= 11 is 5.79. The van der Waals surface area contributed by atoms with Crippen LogP contribution in [0.5, 0.6) is 5.88 Å². The molecule has 1 aliphatic carbocycles. The van der Waals surface area contributed by atoms with Gasteiger partial charge < -0.3 is 24.3 Å². The maximum atomic E-state index is 14.0. The van der Waals surface area contributed by atoms with Crippen LogP contribution >= 0.6 is 11.6 Å². The Kier molecular flexibility index (Phi) is 7.24. The van der Waals surface area contributed by atoms with Crippen LogP contribution in [-0.2, 0) is 9.53 Å². The number of nitrogens with zero attached hydrogens (tertiary/aromatic N) is 3. The normalized spacial score (nSPS) is 19.3. The van der Waals surface area contributed by atoms with Crippen molar-refractivity contribution in [3.63, 3.8) is 0 Å². The molecule has 0 N–H and O–H groups in total.